The summed E-state index contributed by atoms with van der Waals surface area (Å²) in [6.45, 7) is 3.60. The molecule has 2 unspecified atom stereocenters. The summed E-state index contributed by atoms with van der Waals surface area (Å²) in [7, 11) is 0. The van der Waals surface area contributed by atoms with Crippen molar-refractivity contribution in [1.29, 1.82) is 0 Å². The van der Waals surface area contributed by atoms with E-state index in [9.17, 15) is 4.79 Å². The smallest absolute Gasteiger partial charge is 0.315 e. The minimum atomic E-state index is -0.277. The number of benzene rings is 2. The van der Waals surface area contributed by atoms with E-state index in [-0.39, 0.29) is 24.7 Å². The Balaban J connectivity index is 1.99. The van der Waals surface area contributed by atoms with Crippen molar-refractivity contribution in [3.05, 3.63) is 60.2 Å². The topological polar surface area (TPSA) is 61.4 Å². The number of amides is 2. The number of aliphatic hydroxyl groups excluding tert-OH is 1. The zero-order chi connectivity index (χ0) is 15.9. The summed E-state index contributed by atoms with van der Waals surface area (Å²) in [6.07, 6.45) is 0. The van der Waals surface area contributed by atoms with Gasteiger partial charge in [0.25, 0.3) is 0 Å². The zero-order valence-electron chi connectivity index (χ0n) is 12.9. The molecule has 0 aliphatic heterocycles. The maximum Gasteiger partial charge on any atom is 0.315 e. The highest BCUT2D eigenvalue weighted by Gasteiger charge is 2.11. The molecule has 0 heterocycles. The lowest BCUT2D eigenvalue weighted by molar-refractivity contribution is 0.218. The maximum atomic E-state index is 11.8. The summed E-state index contributed by atoms with van der Waals surface area (Å²) in [4.78, 5) is 11.8. The van der Waals surface area contributed by atoms with Crippen molar-refractivity contribution in [2.75, 3.05) is 6.61 Å². The molecule has 4 nitrogen and oxygen atoms in total. The molecule has 22 heavy (non-hydrogen) atoms. The second-order valence-electron chi connectivity index (χ2n) is 5.41. The van der Waals surface area contributed by atoms with Crippen molar-refractivity contribution in [1.82, 2.24) is 10.6 Å². The van der Waals surface area contributed by atoms with Gasteiger partial charge in [0.15, 0.2) is 0 Å². The van der Waals surface area contributed by atoms with Crippen molar-refractivity contribution in [3.63, 3.8) is 0 Å². The van der Waals surface area contributed by atoms with Gasteiger partial charge in [0.2, 0.25) is 0 Å². The lowest BCUT2D eigenvalue weighted by Gasteiger charge is -2.17. The monoisotopic (exact) mass is 298 g/mol. The highest BCUT2D eigenvalue weighted by Crippen LogP contribution is 2.21. The lowest BCUT2D eigenvalue weighted by Crippen LogP contribution is -2.43. The average Bonchev–Trinajstić information content (AvgIpc) is 2.55. The number of hydrogen-bond acceptors (Lipinski definition) is 2. The number of nitrogens with one attached hydrogen (secondary N) is 2. The molecule has 2 rings (SSSR count). The molecule has 0 saturated carbocycles. The number of carbonyl (C=O) groups is 1. The van der Waals surface area contributed by atoms with Crippen LogP contribution < -0.4 is 10.6 Å². The number of rotatable bonds is 5. The molecule has 2 aromatic rings. The van der Waals surface area contributed by atoms with E-state index in [1.165, 1.54) is 5.56 Å². The van der Waals surface area contributed by atoms with E-state index in [1.54, 1.807) is 6.92 Å². The van der Waals surface area contributed by atoms with Gasteiger partial charge in [-0.05, 0) is 30.5 Å². The normalized spacial score (nSPS) is 13.2. The van der Waals surface area contributed by atoms with Crippen LogP contribution in [0.3, 0.4) is 0 Å². The minimum Gasteiger partial charge on any atom is -0.394 e. The molecule has 3 N–H and O–H groups in total. The minimum absolute atomic E-state index is 0.0758. The van der Waals surface area contributed by atoms with Gasteiger partial charge in [-0.1, -0.05) is 54.6 Å². The largest absolute Gasteiger partial charge is 0.394 e. The van der Waals surface area contributed by atoms with Crippen LogP contribution in [0.2, 0.25) is 0 Å². The van der Waals surface area contributed by atoms with E-state index >= 15 is 0 Å². The fourth-order valence-electron chi connectivity index (χ4n) is 2.19. The number of carbonyl (C=O) groups excluding carboxylic acids is 1. The van der Waals surface area contributed by atoms with E-state index in [1.807, 2.05) is 37.3 Å². The predicted octanol–water partition coefficient (Wildman–Crippen LogP) is 3.09. The van der Waals surface area contributed by atoms with Crippen LogP contribution in [0.15, 0.2) is 54.6 Å². The molecule has 116 valence electrons. The fourth-order valence-corrected chi connectivity index (χ4v) is 2.19. The average molecular weight is 298 g/mol. The summed E-state index contributed by atoms with van der Waals surface area (Å²) in [5.41, 5.74) is 3.35. The van der Waals surface area contributed by atoms with Gasteiger partial charge in [0.05, 0.1) is 18.7 Å². The van der Waals surface area contributed by atoms with Gasteiger partial charge in [0.1, 0.15) is 0 Å². The van der Waals surface area contributed by atoms with Gasteiger partial charge in [-0.15, -0.1) is 0 Å². The molecule has 0 bridgehead atoms. The van der Waals surface area contributed by atoms with E-state index in [0.29, 0.717) is 0 Å². The number of urea groups is 1. The van der Waals surface area contributed by atoms with Crippen LogP contribution in [-0.2, 0) is 0 Å². The van der Waals surface area contributed by atoms with E-state index in [0.717, 1.165) is 11.1 Å². The van der Waals surface area contributed by atoms with Gasteiger partial charge < -0.3 is 15.7 Å². The number of hydrogen-bond donors (Lipinski definition) is 3. The van der Waals surface area contributed by atoms with Gasteiger partial charge in [-0.3, -0.25) is 0 Å². The zero-order valence-corrected chi connectivity index (χ0v) is 12.9. The Labute approximate surface area is 131 Å². The van der Waals surface area contributed by atoms with Gasteiger partial charge in [-0.2, -0.15) is 0 Å². The molecular formula is C18H22N2O2. The molecular weight excluding hydrogens is 276 g/mol. The third kappa shape index (κ3) is 4.33. The first-order chi connectivity index (χ1) is 10.6. The molecule has 2 aromatic carbocycles. The highest BCUT2D eigenvalue weighted by atomic mass is 16.3. The Hall–Kier alpha value is -2.33. The standard InChI is InChI=1S/C18H22N2O2/c1-13(12-21)19-18(22)20-14(2)15-8-10-17(11-9-15)16-6-4-3-5-7-16/h3-11,13-14,21H,12H2,1-2H3,(H2,19,20,22). The van der Waals surface area contributed by atoms with Crippen LogP contribution in [-0.4, -0.2) is 23.8 Å². The van der Waals surface area contributed by atoms with Gasteiger partial charge in [0, 0.05) is 0 Å². The molecule has 0 radical (unpaired) electrons. The summed E-state index contributed by atoms with van der Waals surface area (Å²) >= 11 is 0. The van der Waals surface area contributed by atoms with Crippen LogP contribution in [0.1, 0.15) is 25.5 Å². The Bertz CT molecular complexity index is 596. The Kier molecular flexibility index (Phi) is 5.55. The Morgan fingerprint density at radius 3 is 2.14 bits per heavy atom. The highest BCUT2D eigenvalue weighted by molar-refractivity contribution is 5.74. The summed E-state index contributed by atoms with van der Waals surface area (Å²) < 4.78 is 0. The third-order valence-corrected chi connectivity index (χ3v) is 3.52. The van der Waals surface area contributed by atoms with Crippen LogP contribution in [0, 0.1) is 0 Å². The molecule has 2 amide bonds. The first-order valence-electron chi connectivity index (χ1n) is 7.43. The number of aliphatic hydroxyl groups is 1. The van der Waals surface area contributed by atoms with Crippen molar-refractivity contribution < 1.29 is 9.90 Å². The predicted molar refractivity (Wildman–Crippen MR) is 88.5 cm³/mol. The van der Waals surface area contributed by atoms with Crippen molar-refractivity contribution in [2.24, 2.45) is 0 Å². The molecule has 0 spiro atoms. The first-order valence-corrected chi connectivity index (χ1v) is 7.43. The molecule has 0 saturated heterocycles. The van der Waals surface area contributed by atoms with Crippen molar-refractivity contribution in [2.45, 2.75) is 25.9 Å². The molecule has 0 aliphatic rings. The van der Waals surface area contributed by atoms with Crippen molar-refractivity contribution in [3.8, 4) is 11.1 Å². The lowest BCUT2D eigenvalue weighted by atomic mass is 10.0. The van der Waals surface area contributed by atoms with E-state index in [2.05, 4.69) is 34.9 Å². The Morgan fingerprint density at radius 2 is 1.55 bits per heavy atom. The van der Waals surface area contributed by atoms with Crippen molar-refractivity contribution >= 4 is 6.03 Å². The fraction of sp³-hybridized carbons (Fsp3) is 0.278. The van der Waals surface area contributed by atoms with E-state index < -0.39 is 0 Å². The molecule has 0 aromatic heterocycles. The van der Waals surface area contributed by atoms with Gasteiger partial charge >= 0.3 is 6.03 Å². The third-order valence-electron chi connectivity index (χ3n) is 3.52. The second kappa shape index (κ2) is 7.61. The molecule has 4 heteroatoms. The Morgan fingerprint density at radius 1 is 0.955 bits per heavy atom. The SMILES string of the molecule is CC(CO)NC(=O)NC(C)c1ccc(-c2ccccc2)cc1. The molecule has 0 aliphatic carbocycles. The van der Waals surface area contributed by atoms with Crippen LogP contribution in [0.5, 0.6) is 0 Å². The second-order valence-corrected chi connectivity index (χ2v) is 5.41. The van der Waals surface area contributed by atoms with Crippen LogP contribution in [0.25, 0.3) is 11.1 Å². The molecule has 2 atom stereocenters. The summed E-state index contributed by atoms with van der Waals surface area (Å²) in [5.74, 6) is 0. The van der Waals surface area contributed by atoms with Crippen LogP contribution >= 0.6 is 0 Å². The maximum absolute atomic E-state index is 11.8. The van der Waals surface area contributed by atoms with E-state index in [4.69, 9.17) is 5.11 Å². The quantitative estimate of drug-likeness (QED) is 0.794. The van der Waals surface area contributed by atoms with Gasteiger partial charge in [-0.25, -0.2) is 4.79 Å². The molecule has 0 fully saturated rings. The summed E-state index contributed by atoms with van der Waals surface area (Å²) in [6, 6.07) is 17.7. The summed E-state index contributed by atoms with van der Waals surface area (Å²) in [5, 5.41) is 14.5. The van der Waals surface area contributed by atoms with Crippen LogP contribution in [0.4, 0.5) is 4.79 Å². The first kappa shape index (κ1) is 16.0.